The van der Waals surface area contributed by atoms with Gasteiger partial charge in [-0.15, -0.1) is 0 Å². The number of carbonyl (C=O) groups excluding carboxylic acids is 2. The maximum atomic E-state index is 12.4. The van der Waals surface area contributed by atoms with E-state index in [4.69, 9.17) is 4.74 Å². The predicted molar refractivity (Wildman–Crippen MR) is 98.0 cm³/mol. The highest BCUT2D eigenvalue weighted by Gasteiger charge is 2.42. The second-order valence-corrected chi connectivity index (χ2v) is 8.18. The molecule has 1 aliphatic heterocycles. The molecule has 0 aliphatic carbocycles. The van der Waals surface area contributed by atoms with Crippen LogP contribution in [0.1, 0.15) is 67.2 Å². The minimum atomic E-state index is -0.544. The summed E-state index contributed by atoms with van der Waals surface area (Å²) < 4.78 is 5.48. The van der Waals surface area contributed by atoms with Crippen molar-refractivity contribution in [2.75, 3.05) is 6.61 Å². The maximum absolute atomic E-state index is 12.4. The number of ether oxygens (including phenoxy) is 1. The van der Waals surface area contributed by atoms with E-state index in [9.17, 15) is 14.7 Å². The molecule has 1 fully saturated rings. The van der Waals surface area contributed by atoms with Gasteiger partial charge in [0, 0.05) is 31.5 Å². The van der Waals surface area contributed by atoms with Crippen molar-refractivity contribution in [3.8, 4) is 0 Å². The lowest BCUT2D eigenvalue weighted by Gasteiger charge is -2.31. The van der Waals surface area contributed by atoms with Gasteiger partial charge in [0.1, 0.15) is 11.6 Å². The van der Waals surface area contributed by atoms with Gasteiger partial charge in [-0.3, -0.25) is 14.9 Å². The van der Waals surface area contributed by atoms with Crippen molar-refractivity contribution in [1.82, 2.24) is 10.6 Å². The molecule has 25 heavy (non-hydrogen) atoms. The maximum Gasteiger partial charge on any atom is 0.323 e. The van der Waals surface area contributed by atoms with Crippen molar-refractivity contribution in [1.29, 1.82) is 0 Å². The van der Waals surface area contributed by atoms with Crippen LogP contribution in [0.4, 0.5) is 0 Å². The lowest BCUT2D eigenvalue weighted by atomic mass is 9.86. The van der Waals surface area contributed by atoms with E-state index in [1.807, 2.05) is 20.8 Å². The lowest BCUT2D eigenvalue weighted by molar-refractivity contribution is -0.157. The van der Waals surface area contributed by atoms with Crippen LogP contribution in [-0.4, -0.2) is 47.3 Å². The number of aliphatic hydroxyl groups excluding tert-OH is 1. The summed E-state index contributed by atoms with van der Waals surface area (Å²) in [4.78, 5) is 24.1. The molecule has 0 unspecified atom stereocenters. The van der Waals surface area contributed by atoms with Crippen LogP contribution in [0.15, 0.2) is 0 Å². The first-order valence-electron chi connectivity index (χ1n) is 9.48. The smallest absolute Gasteiger partial charge is 0.323 e. The topological polar surface area (TPSA) is 87.7 Å². The van der Waals surface area contributed by atoms with Gasteiger partial charge in [-0.1, -0.05) is 26.7 Å². The van der Waals surface area contributed by atoms with Crippen LogP contribution in [0, 0.1) is 11.8 Å². The summed E-state index contributed by atoms with van der Waals surface area (Å²) in [7, 11) is 0. The van der Waals surface area contributed by atoms with Crippen LogP contribution in [-0.2, 0) is 14.3 Å². The number of aliphatic hydroxyl groups is 1. The molecule has 1 amide bonds. The average molecular weight is 357 g/mol. The highest BCUT2D eigenvalue weighted by atomic mass is 16.6. The number of amides is 1. The van der Waals surface area contributed by atoms with Crippen molar-refractivity contribution >= 4 is 11.9 Å². The van der Waals surface area contributed by atoms with E-state index in [1.165, 1.54) is 6.92 Å². The van der Waals surface area contributed by atoms with Crippen LogP contribution < -0.4 is 10.6 Å². The highest BCUT2D eigenvalue weighted by Crippen LogP contribution is 2.28. The second-order valence-electron chi connectivity index (χ2n) is 8.18. The van der Waals surface area contributed by atoms with Gasteiger partial charge in [-0.25, -0.2) is 0 Å². The zero-order chi connectivity index (χ0) is 19.2. The monoisotopic (exact) mass is 356 g/mol. The van der Waals surface area contributed by atoms with Crippen LogP contribution in [0.2, 0.25) is 0 Å². The Kier molecular flexibility index (Phi) is 8.35. The van der Waals surface area contributed by atoms with Gasteiger partial charge < -0.3 is 15.2 Å². The third kappa shape index (κ3) is 6.94. The van der Waals surface area contributed by atoms with Crippen molar-refractivity contribution in [2.24, 2.45) is 11.8 Å². The Bertz CT molecular complexity index is 443. The Morgan fingerprint density at radius 1 is 1.28 bits per heavy atom. The third-order valence-electron chi connectivity index (χ3n) is 4.93. The van der Waals surface area contributed by atoms with E-state index in [1.54, 1.807) is 0 Å². The molecule has 0 saturated carbocycles. The molecule has 0 spiro atoms. The standard InChI is InChI=1S/C19H36N2O4/c1-7-13(8-2)9-15(20-12(3)23)17-14(11-22)10-16(21-17)18(24)25-19(4,5)6/h13-17,21-22H,7-11H2,1-6H3,(H,20,23)/t14-,15-,16+,17+/m0/s1. The summed E-state index contributed by atoms with van der Waals surface area (Å²) in [6.07, 6.45) is 3.44. The fourth-order valence-corrected chi connectivity index (χ4v) is 3.59. The fourth-order valence-electron chi connectivity index (χ4n) is 3.59. The summed E-state index contributed by atoms with van der Waals surface area (Å²) in [5.41, 5.74) is -0.544. The van der Waals surface area contributed by atoms with Crippen molar-refractivity contribution in [3.05, 3.63) is 0 Å². The summed E-state index contributed by atoms with van der Waals surface area (Å²) in [5.74, 6) is 0.0371. The molecule has 6 nitrogen and oxygen atoms in total. The summed E-state index contributed by atoms with van der Waals surface area (Å²) >= 11 is 0. The number of nitrogens with one attached hydrogen (secondary N) is 2. The van der Waals surface area contributed by atoms with Crippen molar-refractivity contribution < 1.29 is 19.4 Å². The minimum Gasteiger partial charge on any atom is -0.459 e. The predicted octanol–water partition coefficient (Wildman–Crippen LogP) is 2.00. The zero-order valence-corrected chi connectivity index (χ0v) is 16.6. The zero-order valence-electron chi connectivity index (χ0n) is 16.6. The van der Waals surface area contributed by atoms with E-state index in [2.05, 4.69) is 24.5 Å². The van der Waals surface area contributed by atoms with E-state index in [0.717, 1.165) is 19.3 Å². The SMILES string of the molecule is CCC(CC)C[C@H](NC(C)=O)[C@@H]1N[C@@H](C(=O)OC(C)(C)C)C[C@H]1CO. The van der Waals surface area contributed by atoms with Gasteiger partial charge in [0.25, 0.3) is 0 Å². The van der Waals surface area contributed by atoms with Gasteiger partial charge in [0.15, 0.2) is 0 Å². The van der Waals surface area contributed by atoms with Gasteiger partial charge >= 0.3 is 5.97 Å². The first kappa shape index (κ1) is 21.9. The molecule has 6 heteroatoms. The molecule has 0 aromatic rings. The van der Waals surface area contributed by atoms with E-state index in [0.29, 0.717) is 12.3 Å². The molecular weight excluding hydrogens is 320 g/mol. The first-order chi connectivity index (χ1) is 11.6. The molecule has 0 radical (unpaired) electrons. The summed E-state index contributed by atoms with van der Waals surface area (Å²) in [5, 5.41) is 16.1. The fraction of sp³-hybridized carbons (Fsp3) is 0.895. The molecule has 0 aromatic heterocycles. The molecule has 0 bridgehead atoms. The number of rotatable bonds is 8. The Labute approximate surface area is 152 Å². The van der Waals surface area contributed by atoms with Gasteiger partial charge in [-0.2, -0.15) is 0 Å². The Hall–Kier alpha value is -1.14. The van der Waals surface area contributed by atoms with Gasteiger partial charge in [0.2, 0.25) is 5.91 Å². The normalized spacial score (nSPS) is 25.0. The lowest BCUT2D eigenvalue weighted by Crippen LogP contribution is -2.53. The molecular formula is C19H36N2O4. The van der Waals surface area contributed by atoms with E-state index >= 15 is 0 Å². The van der Waals surface area contributed by atoms with Gasteiger partial charge in [0.05, 0.1) is 0 Å². The quantitative estimate of drug-likeness (QED) is 0.579. The molecule has 1 aliphatic rings. The summed E-state index contributed by atoms with van der Waals surface area (Å²) in [6.45, 7) is 11.3. The Balaban J connectivity index is 2.88. The van der Waals surface area contributed by atoms with Crippen molar-refractivity contribution in [2.45, 2.75) is 91.0 Å². The number of carbonyl (C=O) groups is 2. The molecule has 3 N–H and O–H groups in total. The first-order valence-corrected chi connectivity index (χ1v) is 9.48. The number of hydrogen-bond acceptors (Lipinski definition) is 5. The van der Waals surface area contributed by atoms with Gasteiger partial charge in [-0.05, 0) is 39.5 Å². The van der Waals surface area contributed by atoms with Crippen molar-refractivity contribution in [3.63, 3.8) is 0 Å². The van der Waals surface area contributed by atoms with Crippen LogP contribution in [0.3, 0.4) is 0 Å². The number of hydrogen-bond donors (Lipinski definition) is 3. The summed E-state index contributed by atoms with van der Waals surface area (Å²) in [6, 6.07) is -0.682. The minimum absolute atomic E-state index is 0.0179. The molecule has 1 saturated heterocycles. The molecule has 0 aromatic carbocycles. The number of esters is 1. The second kappa shape index (κ2) is 9.53. The Morgan fingerprint density at radius 3 is 2.32 bits per heavy atom. The van der Waals surface area contributed by atoms with Crippen LogP contribution in [0.5, 0.6) is 0 Å². The van der Waals surface area contributed by atoms with Crippen LogP contribution >= 0.6 is 0 Å². The molecule has 146 valence electrons. The Morgan fingerprint density at radius 2 is 1.88 bits per heavy atom. The average Bonchev–Trinajstić information content (AvgIpc) is 2.93. The highest BCUT2D eigenvalue weighted by molar-refractivity contribution is 5.77. The molecule has 1 rings (SSSR count). The molecule has 4 atom stereocenters. The third-order valence-corrected chi connectivity index (χ3v) is 4.93. The van der Waals surface area contributed by atoms with Crippen LogP contribution in [0.25, 0.3) is 0 Å². The largest absolute Gasteiger partial charge is 0.459 e. The molecule has 1 heterocycles. The van der Waals surface area contributed by atoms with E-state index in [-0.39, 0.29) is 36.5 Å². The van der Waals surface area contributed by atoms with E-state index < -0.39 is 11.6 Å².